The Kier molecular flexibility index (Phi) is 4.58. The zero-order valence-corrected chi connectivity index (χ0v) is 6.20. The summed E-state index contributed by atoms with van der Waals surface area (Å²) in [5, 5.41) is 8.21. The van der Waals surface area contributed by atoms with Crippen LogP contribution in [0.4, 0.5) is 0 Å². The molecule has 58 valence electrons. The Morgan fingerprint density at radius 1 is 1.80 bits per heavy atom. The van der Waals surface area contributed by atoms with Gasteiger partial charge < -0.3 is 9.84 Å². The van der Waals surface area contributed by atoms with Crippen molar-refractivity contribution in [3.8, 4) is 0 Å². The largest absolute Gasteiger partial charge is 0.481 e. The van der Waals surface area contributed by atoms with Gasteiger partial charge in [-0.15, -0.1) is 0 Å². The fraction of sp³-hybridized carbons (Fsp3) is 0.571. The van der Waals surface area contributed by atoms with Gasteiger partial charge in [0.2, 0.25) is 0 Å². The molecule has 0 aliphatic carbocycles. The third-order valence-electron chi connectivity index (χ3n) is 1.07. The van der Waals surface area contributed by atoms with E-state index in [0.717, 1.165) is 0 Å². The second kappa shape index (κ2) is 4.99. The Balaban J connectivity index is 3.45. The molecule has 0 amide bonds. The van der Waals surface area contributed by atoms with Crippen LogP contribution in [-0.2, 0) is 9.53 Å². The molecule has 1 unspecified atom stereocenters. The molecule has 10 heavy (non-hydrogen) atoms. The number of rotatable bonds is 4. The summed E-state index contributed by atoms with van der Waals surface area (Å²) in [6.07, 6.45) is 3.36. The summed E-state index contributed by atoms with van der Waals surface area (Å²) in [4.78, 5) is 9.98. The lowest BCUT2D eigenvalue weighted by Crippen LogP contribution is -1.99. The molecule has 0 bridgehead atoms. The Bertz CT molecular complexity index is 129. The fourth-order valence-electron chi connectivity index (χ4n) is 0.439. The summed E-state index contributed by atoms with van der Waals surface area (Å²) in [5.41, 5.74) is 0. The number of methoxy groups -OCH3 is 1. The lowest BCUT2D eigenvalue weighted by Gasteiger charge is -1.99. The van der Waals surface area contributed by atoms with E-state index in [0.29, 0.717) is 0 Å². The van der Waals surface area contributed by atoms with Crippen molar-refractivity contribution in [3.05, 3.63) is 12.2 Å². The second-order valence-corrected chi connectivity index (χ2v) is 1.97. The number of carboxylic acids is 1. The van der Waals surface area contributed by atoms with Crippen molar-refractivity contribution in [2.75, 3.05) is 7.11 Å². The number of carbonyl (C=O) groups is 1. The van der Waals surface area contributed by atoms with Crippen molar-refractivity contribution in [3.63, 3.8) is 0 Å². The van der Waals surface area contributed by atoms with E-state index >= 15 is 0 Å². The summed E-state index contributed by atoms with van der Waals surface area (Å²) in [7, 11) is 1.58. The van der Waals surface area contributed by atoms with Crippen LogP contribution in [0.1, 0.15) is 13.3 Å². The van der Waals surface area contributed by atoms with E-state index in [1.165, 1.54) is 0 Å². The van der Waals surface area contributed by atoms with Crippen LogP contribution in [0.2, 0.25) is 0 Å². The van der Waals surface area contributed by atoms with Gasteiger partial charge in [-0.05, 0) is 6.92 Å². The first-order valence-electron chi connectivity index (χ1n) is 3.08. The molecule has 1 N–H and O–H groups in total. The van der Waals surface area contributed by atoms with Gasteiger partial charge in [-0.1, -0.05) is 12.2 Å². The van der Waals surface area contributed by atoms with E-state index in [-0.39, 0.29) is 12.5 Å². The molecule has 0 aliphatic heterocycles. The maximum absolute atomic E-state index is 9.98. The monoisotopic (exact) mass is 144 g/mol. The molecule has 0 rings (SSSR count). The Labute approximate surface area is 60.3 Å². The van der Waals surface area contributed by atoms with Gasteiger partial charge in [0.25, 0.3) is 0 Å². The smallest absolute Gasteiger partial charge is 0.307 e. The standard InChI is InChI=1S/C7H12O3/c1-6(10-2)4-3-5-7(8)9/h3-4,6H,5H2,1-2H3,(H,8,9). The lowest BCUT2D eigenvalue weighted by molar-refractivity contribution is -0.136. The van der Waals surface area contributed by atoms with E-state index in [9.17, 15) is 4.79 Å². The number of carboxylic acid groups (broad SMARTS) is 1. The molecule has 0 aromatic rings. The van der Waals surface area contributed by atoms with Gasteiger partial charge in [0.15, 0.2) is 0 Å². The quantitative estimate of drug-likeness (QED) is 0.600. The van der Waals surface area contributed by atoms with E-state index in [1.54, 1.807) is 19.3 Å². The van der Waals surface area contributed by atoms with E-state index in [4.69, 9.17) is 9.84 Å². The van der Waals surface area contributed by atoms with Crippen LogP contribution in [0.25, 0.3) is 0 Å². The number of ether oxygens (including phenoxy) is 1. The van der Waals surface area contributed by atoms with Crippen LogP contribution in [0.15, 0.2) is 12.2 Å². The maximum Gasteiger partial charge on any atom is 0.307 e. The first-order chi connectivity index (χ1) is 4.66. The van der Waals surface area contributed by atoms with Crippen LogP contribution in [0.5, 0.6) is 0 Å². The van der Waals surface area contributed by atoms with Crippen molar-refractivity contribution in [2.24, 2.45) is 0 Å². The van der Waals surface area contributed by atoms with Crippen LogP contribution in [0.3, 0.4) is 0 Å². The molecule has 1 atom stereocenters. The molecule has 0 aromatic heterocycles. The van der Waals surface area contributed by atoms with E-state index < -0.39 is 5.97 Å². The van der Waals surface area contributed by atoms with Crippen molar-refractivity contribution in [2.45, 2.75) is 19.4 Å². The molecule has 0 aromatic carbocycles. The predicted octanol–water partition coefficient (Wildman–Crippen LogP) is 1.05. The highest BCUT2D eigenvalue weighted by Crippen LogP contribution is 1.91. The molecular formula is C7H12O3. The van der Waals surface area contributed by atoms with Crippen LogP contribution < -0.4 is 0 Å². The second-order valence-electron chi connectivity index (χ2n) is 1.97. The van der Waals surface area contributed by atoms with Crippen molar-refractivity contribution < 1.29 is 14.6 Å². The van der Waals surface area contributed by atoms with Gasteiger partial charge in [-0.25, -0.2) is 0 Å². The third-order valence-corrected chi connectivity index (χ3v) is 1.07. The Morgan fingerprint density at radius 2 is 2.40 bits per heavy atom. The molecule has 0 aliphatic rings. The van der Waals surface area contributed by atoms with E-state index in [2.05, 4.69) is 0 Å². The molecule has 0 spiro atoms. The summed E-state index contributed by atoms with van der Waals surface area (Å²) >= 11 is 0. The molecule has 3 heteroatoms. The molecule has 0 heterocycles. The van der Waals surface area contributed by atoms with Gasteiger partial charge in [0.05, 0.1) is 12.5 Å². The van der Waals surface area contributed by atoms with Crippen LogP contribution >= 0.6 is 0 Å². The Hall–Kier alpha value is -0.830. The topological polar surface area (TPSA) is 46.5 Å². The minimum atomic E-state index is -0.820. The molecular weight excluding hydrogens is 132 g/mol. The molecule has 3 nitrogen and oxygen atoms in total. The van der Waals surface area contributed by atoms with Gasteiger partial charge in [-0.3, -0.25) is 4.79 Å². The average Bonchev–Trinajstić information content (AvgIpc) is 1.87. The van der Waals surface area contributed by atoms with E-state index in [1.807, 2.05) is 6.92 Å². The lowest BCUT2D eigenvalue weighted by atomic mass is 10.3. The van der Waals surface area contributed by atoms with Gasteiger partial charge in [0, 0.05) is 7.11 Å². The minimum Gasteiger partial charge on any atom is -0.481 e. The van der Waals surface area contributed by atoms with Crippen molar-refractivity contribution >= 4 is 5.97 Å². The summed E-state index contributed by atoms with van der Waals surface area (Å²) in [5.74, 6) is -0.820. The number of aliphatic carboxylic acids is 1. The minimum absolute atomic E-state index is 0.000602. The van der Waals surface area contributed by atoms with Crippen LogP contribution in [-0.4, -0.2) is 24.3 Å². The predicted molar refractivity (Wildman–Crippen MR) is 37.9 cm³/mol. The maximum atomic E-state index is 9.98. The van der Waals surface area contributed by atoms with Crippen molar-refractivity contribution in [1.29, 1.82) is 0 Å². The first-order valence-corrected chi connectivity index (χ1v) is 3.08. The first kappa shape index (κ1) is 9.17. The number of hydrogen-bond donors (Lipinski definition) is 1. The summed E-state index contributed by atoms with van der Waals surface area (Å²) in [6, 6.07) is 0. The van der Waals surface area contributed by atoms with Gasteiger partial charge in [0.1, 0.15) is 0 Å². The fourth-order valence-corrected chi connectivity index (χ4v) is 0.439. The molecule has 0 saturated carbocycles. The molecule has 0 fully saturated rings. The molecule has 0 saturated heterocycles. The zero-order chi connectivity index (χ0) is 7.98. The third kappa shape index (κ3) is 5.31. The highest BCUT2D eigenvalue weighted by Gasteiger charge is 1.92. The van der Waals surface area contributed by atoms with Gasteiger partial charge in [-0.2, -0.15) is 0 Å². The summed E-state index contributed by atoms with van der Waals surface area (Å²) < 4.78 is 4.85. The SMILES string of the molecule is COC(C)C=CCC(=O)O. The number of hydrogen-bond acceptors (Lipinski definition) is 2. The zero-order valence-electron chi connectivity index (χ0n) is 6.20. The van der Waals surface area contributed by atoms with Crippen LogP contribution in [0, 0.1) is 0 Å². The molecule has 0 radical (unpaired) electrons. The summed E-state index contributed by atoms with van der Waals surface area (Å²) in [6.45, 7) is 1.85. The highest BCUT2D eigenvalue weighted by molar-refractivity contribution is 5.68. The van der Waals surface area contributed by atoms with Gasteiger partial charge >= 0.3 is 5.97 Å². The average molecular weight is 144 g/mol. The normalized spacial score (nSPS) is 13.8. The Morgan fingerprint density at radius 3 is 2.80 bits per heavy atom. The van der Waals surface area contributed by atoms with Crippen molar-refractivity contribution in [1.82, 2.24) is 0 Å². The highest BCUT2D eigenvalue weighted by atomic mass is 16.5.